The highest BCUT2D eigenvalue weighted by Gasteiger charge is 2.12. The van der Waals surface area contributed by atoms with Crippen LogP contribution in [0.1, 0.15) is 13.3 Å². The molecule has 8 heteroatoms. The van der Waals surface area contributed by atoms with Crippen molar-refractivity contribution in [1.82, 2.24) is 19.8 Å². The number of hydrogen-bond donors (Lipinski definition) is 1. The van der Waals surface area contributed by atoms with Crippen molar-refractivity contribution in [1.29, 1.82) is 0 Å². The average molecular weight is 303 g/mol. The minimum absolute atomic E-state index is 0.0661. The topological polar surface area (TPSA) is 81.4 Å². The molecule has 2 aromatic heterocycles. The number of methoxy groups -OCH3 is 1. The summed E-state index contributed by atoms with van der Waals surface area (Å²) in [4.78, 5) is 12.3. The van der Waals surface area contributed by atoms with Gasteiger partial charge in [-0.2, -0.15) is 9.61 Å². The SMILES string of the molecule is CCC(=O)Nc1cc(-c2nn3cnnc3s2)ccc1OC. The van der Waals surface area contributed by atoms with Gasteiger partial charge in [-0.1, -0.05) is 18.3 Å². The van der Waals surface area contributed by atoms with Crippen molar-refractivity contribution in [3.63, 3.8) is 0 Å². The monoisotopic (exact) mass is 303 g/mol. The molecule has 0 saturated carbocycles. The van der Waals surface area contributed by atoms with Crippen LogP contribution < -0.4 is 10.1 Å². The van der Waals surface area contributed by atoms with Gasteiger partial charge in [0, 0.05) is 12.0 Å². The number of ether oxygens (including phenoxy) is 1. The molecule has 1 N–H and O–H groups in total. The molecule has 0 aliphatic rings. The van der Waals surface area contributed by atoms with Gasteiger partial charge in [0.05, 0.1) is 12.8 Å². The number of rotatable bonds is 4. The van der Waals surface area contributed by atoms with E-state index in [9.17, 15) is 4.79 Å². The van der Waals surface area contributed by atoms with E-state index < -0.39 is 0 Å². The van der Waals surface area contributed by atoms with Crippen molar-refractivity contribution in [2.45, 2.75) is 13.3 Å². The molecule has 7 nitrogen and oxygen atoms in total. The number of aromatic nitrogens is 4. The zero-order valence-corrected chi connectivity index (χ0v) is 12.3. The predicted octanol–water partition coefficient (Wildman–Crippen LogP) is 2.21. The molecule has 0 aliphatic heterocycles. The maximum atomic E-state index is 11.6. The first-order chi connectivity index (χ1) is 10.2. The maximum Gasteiger partial charge on any atom is 0.234 e. The summed E-state index contributed by atoms with van der Waals surface area (Å²) in [6.07, 6.45) is 1.96. The fourth-order valence-electron chi connectivity index (χ4n) is 1.85. The van der Waals surface area contributed by atoms with Crippen LogP contribution in [0.4, 0.5) is 5.69 Å². The largest absolute Gasteiger partial charge is 0.495 e. The van der Waals surface area contributed by atoms with Gasteiger partial charge >= 0.3 is 0 Å². The van der Waals surface area contributed by atoms with Crippen LogP contribution in [0.15, 0.2) is 24.5 Å². The molecule has 0 atom stereocenters. The first kappa shape index (κ1) is 13.5. The van der Waals surface area contributed by atoms with E-state index in [-0.39, 0.29) is 5.91 Å². The third-order valence-electron chi connectivity index (χ3n) is 2.93. The van der Waals surface area contributed by atoms with E-state index in [1.54, 1.807) is 24.9 Å². The summed E-state index contributed by atoms with van der Waals surface area (Å²) in [6.45, 7) is 1.80. The van der Waals surface area contributed by atoms with Crippen LogP contribution in [0, 0.1) is 0 Å². The number of carbonyl (C=O) groups is 1. The lowest BCUT2D eigenvalue weighted by Crippen LogP contribution is -2.10. The predicted molar refractivity (Wildman–Crippen MR) is 79.6 cm³/mol. The zero-order valence-electron chi connectivity index (χ0n) is 11.5. The molecule has 0 bridgehead atoms. The Hall–Kier alpha value is -2.48. The van der Waals surface area contributed by atoms with Gasteiger partial charge in [-0.3, -0.25) is 4.79 Å². The number of benzene rings is 1. The number of hydrogen-bond acceptors (Lipinski definition) is 6. The lowest BCUT2D eigenvalue weighted by Gasteiger charge is -2.10. The molecule has 0 radical (unpaired) electrons. The summed E-state index contributed by atoms with van der Waals surface area (Å²) < 4.78 is 6.89. The van der Waals surface area contributed by atoms with Gasteiger partial charge in [0.2, 0.25) is 10.9 Å². The van der Waals surface area contributed by atoms with Crippen LogP contribution in [0.2, 0.25) is 0 Å². The van der Waals surface area contributed by atoms with Crippen molar-refractivity contribution in [3.05, 3.63) is 24.5 Å². The van der Waals surface area contributed by atoms with Crippen molar-refractivity contribution < 1.29 is 9.53 Å². The Morgan fingerprint density at radius 2 is 2.33 bits per heavy atom. The quantitative estimate of drug-likeness (QED) is 0.799. The molecule has 1 aromatic carbocycles. The molecular weight excluding hydrogens is 290 g/mol. The van der Waals surface area contributed by atoms with Crippen LogP contribution in [0.5, 0.6) is 5.75 Å². The highest BCUT2D eigenvalue weighted by Crippen LogP contribution is 2.32. The number of amides is 1. The Morgan fingerprint density at radius 1 is 1.48 bits per heavy atom. The Bertz CT molecular complexity index is 766. The van der Waals surface area contributed by atoms with Crippen LogP contribution in [-0.4, -0.2) is 32.8 Å². The van der Waals surface area contributed by atoms with Crippen LogP contribution in [-0.2, 0) is 4.79 Å². The summed E-state index contributed by atoms with van der Waals surface area (Å²) in [5, 5.41) is 15.8. The highest BCUT2D eigenvalue weighted by atomic mass is 32.1. The number of nitrogens with zero attached hydrogens (tertiary/aromatic N) is 4. The normalized spacial score (nSPS) is 10.8. The van der Waals surface area contributed by atoms with Crippen LogP contribution in [0.25, 0.3) is 15.5 Å². The lowest BCUT2D eigenvalue weighted by atomic mass is 10.2. The molecule has 0 aliphatic carbocycles. The molecule has 0 fully saturated rings. The summed E-state index contributed by atoms with van der Waals surface area (Å²) in [6, 6.07) is 5.55. The second-order valence-corrected chi connectivity index (χ2v) is 5.24. The van der Waals surface area contributed by atoms with E-state index >= 15 is 0 Å². The van der Waals surface area contributed by atoms with E-state index in [4.69, 9.17) is 4.74 Å². The van der Waals surface area contributed by atoms with Gasteiger partial charge in [0.25, 0.3) is 0 Å². The molecule has 3 aromatic rings. The second-order valence-electron chi connectivity index (χ2n) is 4.28. The number of anilines is 1. The molecule has 0 saturated heterocycles. The molecule has 3 rings (SSSR count). The Kier molecular flexibility index (Phi) is 3.53. The van der Waals surface area contributed by atoms with E-state index in [0.717, 1.165) is 15.5 Å². The average Bonchev–Trinajstić information content (AvgIpc) is 3.08. The first-order valence-electron chi connectivity index (χ1n) is 6.36. The van der Waals surface area contributed by atoms with Gasteiger partial charge < -0.3 is 10.1 Å². The third-order valence-corrected chi connectivity index (χ3v) is 3.89. The minimum Gasteiger partial charge on any atom is -0.495 e. The Labute approximate surface area is 124 Å². The summed E-state index contributed by atoms with van der Waals surface area (Å²) in [5.41, 5.74) is 1.52. The Morgan fingerprint density at radius 3 is 3.05 bits per heavy atom. The van der Waals surface area contributed by atoms with E-state index in [0.29, 0.717) is 17.9 Å². The fourth-order valence-corrected chi connectivity index (χ4v) is 2.67. The van der Waals surface area contributed by atoms with Gasteiger partial charge in [-0.15, -0.1) is 10.2 Å². The van der Waals surface area contributed by atoms with E-state index in [2.05, 4.69) is 20.6 Å². The smallest absolute Gasteiger partial charge is 0.234 e. The number of carbonyl (C=O) groups excluding carboxylic acids is 1. The minimum atomic E-state index is -0.0661. The number of nitrogens with one attached hydrogen (secondary N) is 1. The van der Waals surface area contributed by atoms with Gasteiger partial charge in [-0.25, -0.2) is 0 Å². The Balaban J connectivity index is 2.00. The van der Waals surface area contributed by atoms with Crippen molar-refractivity contribution >= 4 is 27.9 Å². The molecule has 21 heavy (non-hydrogen) atoms. The standard InChI is InChI=1S/C13H13N5O2S/c1-3-11(19)15-9-6-8(4-5-10(9)20-2)12-17-18-7-14-16-13(18)21-12/h4-7H,3H2,1-2H3,(H,15,19). The van der Waals surface area contributed by atoms with Gasteiger partial charge in [-0.05, 0) is 18.2 Å². The van der Waals surface area contributed by atoms with Crippen molar-refractivity contribution in [3.8, 4) is 16.3 Å². The summed E-state index contributed by atoms with van der Waals surface area (Å²) >= 11 is 1.43. The zero-order chi connectivity index (χ0) is 14.8. The van der Waals surface area contributed by atoms with Crippen molar-refractivity contribution in [2.24, 2.45) is 0 Å². The van der Waals surface area contributed by atoms with Crippen LogP contribution >= 0.6 is 11.3 Å². The summed E-state index contributed by atoms with van der Waals surface area (Å²) in [5.74, 6) is 0.548. The highest BCUT2D eigenvalue weighted by molar-refractivity contribution is 7.19. The molecule has 2 heterocycles. The lowest BCUT2D eigenvalue weighted by molar-refractivity contribution is -0.115. The molecule has 0 spiro atoms. The second kappa shape index (κ2) is 5.49. The number of fused-ring (bicyclic) bond motifs is 1. The first-order valence-corrected chi connectivity index (χ1v) is 7.18. The maximum absolute atomic E-state index is 11.6. The van der Waals surface area contributed by atoms with Gasteiger partial charge in [0.1, 0.15) is 17.1 Å². The molecule has 1 amide bonds. The van der Waals surface area contributed by atoms with Crippen molar-refractivity contribution in [2.75, 3.05) is 12.4 Å². The fraction of sp³-hybridized carbons (Fsp3) is 0.231. The summed E-state index contributed by atoms with van der Waals surface area (Å²) in [7, 11) is 1.57. The molecule has 0 unspecified atom stereocenters. The van der Waals surface area contributed by atoms with E-state index in [1.165, 1.54) is 11.3 Å². The third kappa shape index (κ3) is 2.57. The molecule has 108 valence electrons. The van der Waals surface area contributed by atoms with E-state index in [1.807, 2.05) is 18.2 Å². The van der Waals surface area contributed by atoms with Gasteiger partial charge in [0.15, 0.2) is 0 Å². The van der Waals surface area contributed by atoms with Crippen LogP contribution in [0.3, 0.4) is 0 Å². The molecular formula is C13H13N5O2S.